The topological polar surface area (TPSA) is 41.7 Å². The van der Waals surface area contributed by atoms with Gasteiger partial charge in [0.2, 0.25) is 0 Å². The van der Waals surface area contributed by atoms with E-state index in [4.69, 9.17) is 10.5 Å². The largest absolute Gasteiger partial charge is 0.494 e. The molecule has 1 aromatic rings. The second-order valence-electron chi connectivity index (χ2n) is 5.02. The van der Waals surface area contributed by atoms with Crippen molar-refractivity contribution >= 4 is 11.4 Å². The average molecular weight is 267 g/mol. The van der Waals surface area contributed by atoms with Crippen LogP contribution in [0, 0.1) is 5.82 Å². The van der Waals surface area contributed by atoms with Crippen LogP contribution in [-0.4, -0.2) is 45.2 Å². The minimum Gasteiger partial charge on any atom is -0.494 e. The molecular weight excluding hydrogens is 245 g/mol. The molecule has 1 aliphatic heterocycles. The van der Waals surface area contributed by atoms with Crippen molar-refractivity contribution in [3.8, 4) is 5.75 Å². The highest BCUT2D eigenvalue weighted by Crippen LogP contribution is 2.30. The van der Waals surface area contributed by atoms with E-state index in [1.807, 2.05) is 7.05 Å². The highest BCUT2D eigenvalue weighted by Gasteiger charge is 2.15. The number of methoxy groups -OCH3 is 1. The highest BCUT2D eigenvalue weighted by atomic mass is 19.1. The molecule has 1 aromatic carbocycles. The Morgan fingerprint density at radius 1 is 1.37 bits per heavy atom. The molecule has 1 saturated heterocycles. The fraction of sp³-hybridized carbons (Fsp3) is 0.571. The Hall–Kier alpha value is -1.49. The van der Waals surface area contributed by atoms with E-state index in [-0.39, 0.29) is 5.75 Å². The predicted molar refractivity (Wildman–Crippen MR) is 76.3 cm³/mol. The van der Waals surface area contributed by atoms with Crippen LogP contribution in [0.15, 0.2) is 12.1 Å². The molecule has 19 heavy (non-hydrogen) atoms. The van der Waals surface area contributed by atoms with E-state index in [0.29, 0.717) is 5.69 Å². The van der Waals surface area contributed by atoms with Gasteiger partial charge in [0.05, 0.1) is 18.5 Å². The summed E-state index contributed by atoms with van der Waals surface area (Å²) in [5.41, 5.74) is 7.14. The molecule has 4 nitrogen and oxygen atoms in total. The molecule has 0 spiro atoms. The molecule has 5 heteroatoms. The third-order valence-corrected chi connectivity index (χ3v) is 3.66. The molecule has 1 aliphatic rings. The van der Waals surface area contributed by atoms with Gasteiger partial charge in [-0.15, -0.1) is 0 Å². The molecule has 0 amide bonds. The van der Waals surface area contributed by atoms with Gasteiger partial charge in [0.15, 0.2) is 11.6 Å². The van der Waals surface area contributed by atoms with Gasteiger partial charge < -0.3 is 20.3 Å². The van der Waals surface area contributed by atoms with E-state index in [2.05, 4.69) is 9.80 Å². The van der Waals surface area contributed by atoms with Gasteiger partial charge in [0.1, 0.15) is 0 Å². The monoisotopic (exact) mass is 267 g/mol. The third-order valence-electron chi connectivity index (χ3n) is 3.66. The molecule has 0 aromatic heterocycles. The minimum absolute atomic E-state index is 0.234. The number of nitrogen functional groups attached to an aromatic ring is 1. The van der Waals surface area contributed by atoms with Crippen molar-refractivity contribution in [3.63, 3.8) is 0 Å². The average Bonchev–Trinajstić information content (AvgIpc) is 2.89. The Kier molecular flexibility index (Phi) is 4.47. The zero-order valence-corrected chi connectivity index (χ0v) is 11.7. The lowest BCUT2D eigenvalue weighted by molar-refractivity contribution is 0.346. The summed E-state index contributed by atoms with van der Waals surface area (Å²) in [5.74, 6) is -0.186. The molecule has 0 aliphatic carbocycles. The first-order chi connectivity index (χ1) is 9.11. The molecule has 0 radical (unpaired) electrons. The van der Waals surface area contributed by atoms with Gasteiger partial charge in [-0.05, 0) is 25.9 Å². The summed E-state index contributed by atoms with van der Waals surface area (Å²) in [6.45, 7) is 4.24. The van der Waals surface area contributed by atoms with Crippen LogP contribution in [0.3, 0.4) is 0 Å². The van der Waals surface area contributed by atoms with Gasteiger partial charge in [0.25, 0.3) is 0 Å². The van der Waals surface area contributed by atoms with Crippen molar-refractivity contribution in [2.45, 2.75) is 12.8 Å². The number of anilines is 2. The number of hydrogen-bond donors (Lipinski definition) is 1. The molecule has 0 bridgehead atoms. The van der Waals surface area contributed by atoms with Gasteiger partial charge in [-0.1, -0.05) is 0 Å². The summed E-state index contributed by atoms with van der Waals surface area (Å²) in [6.07, 6.45) is 2.58. The molecule has 0 atom stereocenters. The van der Waals surface area contributed by atoms with E-state index in [1.54, 1.807) is 6.07 Å². The zero-order chi connectivity index (χ0) is 13.8. The van der Waals surface area contributed by atoms with Crippen LogP contribution in [0.2, 0.25) is 0 Å². The maximum absolute atomic E-state index is 13.5. The van der Waals surface area contributed by atoms with E-state index in [1.165, 1.54) is 39.1 Å². The van der Waals surface area contributed by atoms with E-state index < -0.39 is 5.82 Å². The molecule has 0 unspecified atom stereocenters. The maximum Gasteiger partial charge on any atom is 0.167 e. The maximum atomic E-state index is 13.5. The molecule has 2 N–H and O–H groups in total. The summed E-state index contributed by atoms with van der Waals surface area (Å²) < 4.78 is 18.5. The number of likely N-dealkylation sites (N-methyl/N-ethyl adjacent to an activating group) is 1. The molecule has 2 rings (SSSR count). The van der Waals surface area contributed by atoms with E-state index in [0.717, 1.165) is 18.8 Å². The quantitative estimate of drug-likeness (QED) is 0.828. The molecule has 106 valence electrons. The lowest BCUT2D eigenvalue weighted by Gasteiger charge is -2.24. The van der Waals surface area contributed by atoms with Crippen LogP contribution in [0.25, 0.3) is 0 Å². The summed E-state index contributed by atoms with van der Waals surface area (Å²) in [5, 5.41) is 0. The SMILES string of the molecule is COc1cc(N(C)CCN2CCCC2)c(N)cc1F. The Bertz CT molecular complexity index is 433. The Morgan fingerprint density at radius 3 is 2.68 bits per heavy atom. The van der Waals surface area contributed by atoms with Gasteiger partial charge in [-0.3, -0.25) is 0 Å². The van der Waals surface area contributed by atoms with Crippen molar-refractivity contribution in [2.75, 3.05) is 51.0 Å². The number of halogens is 1. The Labute approximate surface area is 113 Å². The van der Waals surface area contributed by atoms with E-state index >= 15 is 0 Å². The van der Waals surface area contributed by atoms with Gasteiger partial charge in [0, 0.05) is 32.3 Å². The van der Waals surface area contributed by atoms with Gasteiger partial charge >= 0.3 is 0 Å². The van der Waals surface area contributed by atoms with E-state index in [9.17, 15) is 4.39 Å². The highest BCUT2D eigenvalue weighted by molar-refractivity contribution is 5.69. The molecule has 1 heterocycles. The second kappa shape index (κ2) is 6.10. The number of benzene rings is 1. The zero-order valence-electron chi connectivity index (χ0n) is 11.7. The normalized spacial score (nSPS) is 15.7. The first-order valence-corrected chi connectivity index (χ1v) is 6.68. The standard InChI is InChI=1S/C14H22FN3O/c1-17(7-8-18-5-3-4-6-18)13-10-14(19-2)11(15)9-12(13)16/h9-10H,3-8,16H2,1-2H3. The Balaban J connectivity index is 2.02. The first kappa shape index (κ1) is 13.9. The van der Waals surface area contributed by atoms with Crippen molar-refractivity contribution in [1.29, 1.82) is 0 Å². The summed E-state index contributed by atoms with van der Waals surface area (Å²) in [7, 11) is 3.43. The van der Waals surface area contributed by atoms with Crippen molar-refractivity contribution in [1.82, 2.24) is 4.90 Å². The number of nitrogens with two attached hydrogens (primary N) is 1. The first-order valence-electron chi connectivity index (χ1n) is 6.68. The van der Waals surface area contributed by atoms with Crippen LogP contribution in [0.5, 0.6) is 5.75 Å². The Morgan fingerprint density at radius 2 is 2.05 bits per heavy atom. The van der Waals surface area contributed by atoms with Crippen molar-refractivity contribution in [3.05, 3.63) is 17.9 Å². The number of hydrogen-bond acceptors (Lipinski definition) is 4. The van der Waals surface area contributed by atoms with Crippen molar-refractivity contribution < 1.29 is 9.13 Å². The number of likely N-dealkylation sites (tertiary alicyclic amines) is 1. The lowest BCUT2D eigenvalue weighted by atomic mass is 10.2. The molecular formula is C14H22FN3O. The predicted octanol–water partition coefficient (Wildman–Crippen LogP) is 1.95. The molecule has 0 saturated carbocycles. The van der Waals surface area contributed by atoms with Gasteiger partial charge in [-0.2, -0.15) is 0 Å². The minimum atomic E-state index is -0.420. The third kappa shape index (κ3) is 3.29. The van der Waals surface area contributed by atoms with Crippen LogP contribution in [0.1, 0.15) is 12.8 Å². The fourth-order valence-electron chi connectivity index (χ4n) is 2.46. The fourth-order valence-corrected chi connectivity index (χ4v) is 2.46. The smallest absolute Gasteiger partial charge is 0.167 e. The van der Waals surface area contributed by atoms with Crippen LogP contribution in [-0.2, 0) is 0 Å². The number of ether oxygens (including phenoxy) is 1. The lowest BCUT2D eigenvalue weighted by Crippen LogP contribution is -2.31. The van der Waals surface area contributed by atoms with Crippen LogP contribution < -0.4 is 15.4 Å². The summed E-state index contributed by atoms with van der Waals surface area (Å²) >= 11 is 0. The van der Waals surface area contributed by atoms with Gasteiger partial charge in [-0.25, -0.2) is 4.39 Å². The van der Waals surface area contributed by atoms with Crippen LogP contribution >= 0.6 is 0 Å². The van der Waals surface area contributed by atoms with Crippen molar-refractivity contribution in [2.24, 2.45) is 0 Å². The summed E-state index contributed by atoms with van der Waals surface area (Å²) in [6, 6.07) is 2.98. The van der Waals surface area contributed by atoms with Crippen LogP contribution in [0.4, 0.5) is 15.8 Å². The number of nitrogens with zero attached hydrogens (tertiary/aromatic N) is 2. The number of rotatable bonds is 5. The summed E-state index contributed by atoms with van der Waals surface area (Å²) in [4.78, 5) is 4.49. The second-order valence-corrected chi connectivity index (χ2v) is 5.02. The molecule has 1 fully saturated rings.